The van der Waals surface area contributed by atoms with Gasteiger partial charge in [-0.15, -0.1) is 0 Å². The van der Waals surface area contributed by atoms with Gasteiger partial charge in [0.1, 0.15) is 0 Å². The summed E-state index contributed by atoms with van der Waals surface area (Å²) >= 11 is 0. The number of unbranched alkanes of at least 4 members (excludes halogenated alkanes) is 4. The van der Waals surface area contributed by atoms with Crippen LogP contribution < -0.4 is 11.5 Å². The molecule has 0 saturated heterocycles. The second-order valence-electron chi connectivity index (χ2n) is 11.9. The van der Waals surface area contributed by atoms with Crippen LogP contribution in [0.15, 0.2) is 83.5 Å². The third kappa shape index (κ3) is 7.07. The Morgan fingerprint density at radius 2 is 1.88 bits per heavy atom. The fourth-order valence-electron chi connectivity index (χ4n) is 7.14. The van der Waals surface area contributed by atoms with Gasteiger partial charge in [-0.2, -0.15) is 0 Å². The van der Waals surface area contributed by atoms with Crippen LogP contribution in [0.25, 0.3) is 16.1 Å². The molecule has 1 heterocycles. The van der Waals surface area contributed by atoms with E-state index < -0.39 is 5.97 Å². The van der Waals surface area contributed by atoms with E-state index in [0.717, 1.165) is 25.1 Å². The zero-order valence-electron chi connectivity index (χ0n) is 24.6. The summed E-state index contributed by atoms with van der Waals surface area (Å²) < 4.78 is 0. The van der Waals surface area contributed by atoms with Gasteiger partial charge >= 0.3 is 5.97 Å². The summed E-state index contributed by atoms with van der Waals surface area (Å²) in [5.41, 5.74) is 14.8. The molecule has 0 amide bonds. The molecule has 222 valence electrons. The Labute approximate surface area is 249 Å². The maximum atomic E-state index is 11.9. The standard InChI is InChI=1S/C35H44N5O2/c1-2-3-4-5-6-10-23-14-15-26-18-27-17-24-11-7-8-12-25(24)19-29(27)34(23)30(26)21-31(40-32-13-9-16-38-32)28(20-33(41)42)22-39-35(36)37/h7-9,11-17,19-20,23,26,30-31,34,38H,2-6,10,18,21-22H2,1H3,(H,41,42)(H4,36,37,39)/q-1/b28-20+/t23-,26+,30-,31+,34-/m0/s1. The summed E-state index contributed by atoms with van der Waals surface area (Å²) in [7, 11) is 0. The molecule has 0 fully saturated rings. The quantitative estimate of drug-likeness (QED) is 0.0534. The second-order valence-corrected chi connectivity index (χ2v) is 11.9. The molecule has 2 bridgehead atoms. The molecule has 2 aromatic carbocycles. The number of nitrogens with two attached hydrogens (primary N) is 2. The summed E-state index contributed by atoms with van der Waals surface area (Å²) in [6.07, 6.45) is 17.2. The molecule has 0 unspecified atom stereocenters. The molecule has 0 aliphatic heterocycles. The molecule has 0 spiro atoms. The van der Waals surface area contributed by atoms with E-state index in [0.29, 0.717) is 29.2 Å². The molecular weight excluding hydrogens is 522 g/mol. The molecule has 6 N–H and O–H groups in total. The molecule has 7 nitrogen and oxygen atoms in total. The first-order valence-corrected chi connectivity index (χ1v) is 15.5. The minimum absolute atomic E-state index is 0.0636. The number of aromatic nitrogens is 1. The first-order valence-electron chi connectivity index (χ1n) is 15.5. The van der Waals surface area contributed by atoms with Crippen molar-refractivity contribution in [2.24, 2.45) is 34.2 Å². The molecule has 3 aromatic rings. The highest BCUT2D eigenvalue weighted by atomic mass is 16.4. The number of hydrogen-bond donors (Lipinski definition) is 4. The Morgan fingerprint density at radius 1 is 1.10 bits per heavy atom. The van der Waals surface area contributed by atoms with Crippen molar-refractivity contribution >= 4 is 28.5 Å². The number of aliphatic imine (C=N–C) groups is 1. The molecule has 2 aliphatic carbocycles. The van der Waals surface area contributed by atoms with Crippen LogP contribution in [0.1, 0.15) is 68.9 Å². The average Bonchev–Trinajstić information content (AvgIpc) is 3.48. The molecule has 0 saturated carbocycles. The first-order chi connectivity index (χ1) is 20.4. The fourth-order valence-corrected chi connectivity index (χ4v) is 7.14. The van der Waals surface area contributed by atoms with Crippen LogP contribution in [0.3, 0.4) is 0 Å². The Kier molecular flexibility index (Phi) is 9.67. The van der Waals surface area contributed by atoms with Gasteiger partial charge in [0.15, 0.2) is 5.96 Å². The van der Waals surface area contributed by atoms with Crippen molar-refractivity contribution in [1.29, 1.82) is 0 Å². The monoisotopic (exact) mass is 566 g/mol. The Hall–Kier alpha value is -4.00. The molecule has 0 radical (unpaired) electrons. The van der Waals surface area contributed by atoms with Crippen LogP contribution >= 0.6 is 0 Å². The van der Waals surface area contributed by atoms with Gasteiger partial charge in [-0.3, -0.25) is 0 Å². The molecule has 42 heavy (non-hydrogen) atoms. The van der Waals surface area contributed by atoms with E-state index in [2.05, 4.69) is 65.5 Å². The van der Waals surface area contributed by atoms with Crippen LogP contribution in [-0.4, -0.2) is 34.6 Å². The van der Waals surface area contributed by atoms with Gasteiger partial charge in [-0.25, -0.2) is 9.79 Å². The normalized spacial score (nSPS) is 22.0. The number of benzene rings is 2. The van der Waals surface area contributed by atoms with Gasteiger partial charge < -0.3 is 26.9 Å². The smallest absolute Gasteiger partial charge is 0.328 e. The van der Waals surface area contributed by atoms with Crippen molar-refractivity contribution in [2.45, 2.75) is 70.3 Å². The van der Waals surface area contributed by atoms with E-state index in [1.807, 2.05) is 18.3 Å². The summed E-state index contributed by atoms with van der Waals surface area (Å²) in [6.45, 7) is 2.36. The van der Waals surface area contributed by atoms with Gasteiger partial charge in [-0.05, 0) is 76.4 Å². The van der Waals surface area contributed by atoms with E-state index in [1.165, 1.54) is 60.1 Å². The van der Waals surface area contributed by atoms with Crippen molar-refractivity contribution in [3.63, 3.8) is 0 Å². The van der Waals surface area contributed by atoms with Crippen molar-refractivity contribution in [2.75, 3.05) is 6.54 Å². The second kappa shape index (κ2) is 13.8. The highest BCUT2D eigenvalue weighted by Crippen LogP contribution is 2.53. The SMILES string of the molecule is CCCCCCC[C@H]1C=C[C@@H]2Cc3cc4ccccc4cc3[C@H]1[C@H]2C[C@@H]([N-]c1ccc[nH]1)/C(=C/C(=O)O)CN=C(N)N. The van der Waals surface area contributed by atoms with Crippen LogP contribution in [-0.2, 0) is 11.2 Å². The fraction of sp³-hybridized carbons (Fsp3) is 0.429. The lowest BCUT2D eigenvalue weighted by atomic mass is 9.58. The topological polar surface area (TPSA) is 132 Å². The average molecular weight is 567 g/mol. The van der Waals surface area contributed by atoms with Crippen molar-refractivity contribution in [3.8, 4) is 0 Å². The number of hydrogen-bond acceptors (Lipinski definition) is 2. The number of nitrogens with one attached hydrogen (secondary N) is 1. The number of rotatable bonds is 14. The van der Waals surface area contributed by atoms with Gasteiger partial charge in [0.25, 0.3) is 0 Å². The third-order valence-electron chi connectivity index (χ3n) is 9.09. The number of nitrogens with zero attached hydrogens (tertiary/aromatic N) is 2. The number of fused-ring (bicyclic) bond motifs is 5. The van der Waals surface area contributed by atoms with Crippen molar-refractivity contribution < 1.29 is 9.90 Å². The Bertz CT molecular complexity index is 1440. The van der Waals surface area contributed by atoms with E-state index >= 15 is 0 Å². The van der Waals surface area contributed by atoms with Gasteiger partial charge in [0.2, 0.25) is 0 Å². The van der Waals surface area contributed by atoms with Gasteiger partial charge in [0.05, 0.1) is 6.54 Å². The zero-order valence-corrected chi connectivity index (χ0v) is 24.6. The Balaban J connectivity index is 1.52. The number of aliphatic carboxylic acids is 1. The maximum absolute atomic E-state index is 11.9. The molecule has 7 heteroatoms. The lowest BCUT2D eigenvalue weighted by Crippen LogP contribution is -2.38. The predicted octanol–water partition coefficient (Wildman–Crippen LogP) is 7.34. The summed E-state index contributed by atoms with van der Waals surface area (Å²) in [5, 5.41) is 17.4. The number of H-pyrrole nitrogens is 1. The zero-order chi connectivity index (χ0) is 29.5. The highest BCUT2D eigenvalue weighted by molar-refractivity contribution is 5.84. The maximum Gasteiger partial charge on any atom is 0.328 e. The van der Waals surface area contributed by atoms with Crippen LogP contribution in [0.4, 0.5) is 5.82 Å². The molecule has 1 aromatic heterocycles. The van der Waals surface area contributed by atoms with E-state index in [4.69, 9.17) is 16.8 Å². The predicted molar refractivity (Wildman–Crippen MR) is 172 cm³/mol. The number of carboxylic acid groups (broad SMARTS) is 1. The van der Waals surface area contributed by atoms with E-state index in [9.17, 15) is 9.90 Å². The molecular formula is C35H44N5O2-. The minimum Gasteiger partial charge on any atom is -0.478 e. The molecule has 2 aliphatic rings. The summed E-state index contributed by atoms with van der Waals surface area (Å²) in [6, 6.07) is 16.9. The number of carbonyl (C=O) groups is 1. The molecule has 5 rings (SSSR count). The summed E-state index contributed by atoms with van der Waals surface area (Å²) in [4.78, 5) is 19.3. The highest BCUT2D eigenvalue weighted by Gasteiger charge is 2.42. The minimum atomic E-state index is -1.02. The van der Waals surface area contributed by atoms with Crippen LogP contribution in [0.2, 0.25) is 0 Å². The number of guanidine groups is 1. The number of aromatic amines is 1. The Morgan fingerprint density at radius 3 is 2.60 bits per heavy atom. The number of carboxylic acids is 1. The van der Waals surface area contributed by atoms with Gasteiger partial charge in [0, 0.05) is 6.08 Å². The van der Waals surface area contributed by atoms with Gasteiger partial charge in [-0.1, -0.05) is 112 Å². The lowest BCUT2D eigenvalue weighted by molar-refractivity contribution is -0.131. The molecule has 5 atom stereocenters. The van der Waals surface area contributed by atoms with E-state index in [1.54, 1.807) is 0 Å². The first kappa shape index (κ1) is 29.5. The lowest BCUT2D eigenvalue weighted by Gasteiger charge is -2.47. The van der Waals surface area contributed by atoms with E-state index in [-0.39, 0.29) is 18.5 Å². The van der Waals surface area contributed by atoms with Crippen molar-refractivity contribution in [3.05, 3.63) is 95.0 Å². The van der Waals surface area contributed by atoms with Crippen molar-refractivity contribution in [1.82, 2.24) is 4.98 Å². The van der Waals surface area contributed by atoms with Crippen LogP contribution in [0.5, 0.6) is 0 Å². The third-order valence-corrected chi connectivity index (χ3v) is 9.09. The summed E-state index contributed by atoms with van der Waals surface area (Å²) in [5.74, 6) is 1.08. The van der Waals surface area contributed by atoms with Crippen LogP contribution in [0, 0.1) is 17.8 Å². The number of allylic oxidation sites excluding steroid dienone is 2. The largest absolute Gasteiger partial charge is 0.478 e.